The highest BCUT2D eigenvalue weighted by atomic mass is 16.5. The van der Waals surface area contributed by atoms with Crippen LogP contribution in [0.3, 0.4) is 0 Å². The van der Waals surface area contributed by atoms with Crippen LogP contribution in [0.25, 0.3) is 0 Å². The predicted molar refractivity (Wildman–Crippen MR) is 92.2 cm³/mol. The number of carbonyl (C=O) groups excluding carboxylic acids is 1. The molecule has 1 radical (unpaired) electrons. The Balaban J connectivity index is 0. The Bertz CT molecular complexity index is 237. The molecule has 0 bridgehead atoms. The van der Waals surface area contributed by atoms with Crippen LogP contribution in [0.5, 0.6) is 0 Å². The molecular formula is C18H36NO2. The molecule has 0 aliphatic heterocycles. The smallest absolute Gasteiger partial charge is 0.330 e. The summed E-state index contributed by atoms with van der Waals surface area (Å²) in [5, 5.41) is 0. The minimum atomic E-state index is -0.368. The second-order valence-electron chi connectivity index (χ2n) is 5.41. The summed E-state index contributed by atoms with van der Waals surface area (Å²) in [6.45, 7) is 21.6. The van der Waals surface area contributed by atoms with Gasteiger partial charge in [-0.05, 0) is 58.2 Å². The van der Waals surface area contributed by atoms with Gasteiger partial charge in [0.2, 0.25) is 0 Å². The van der Waals surface area contributed by atoms with Crippen LogP contribution >= 0.6 is 0 Å². The molecule has 0 aromatic carbocycles. The molecule has 2 unspecified atom stereocenters. The minimum Gasteiger partial charge on any atom is -0.459 e. The second-order valence-corrected chi connectivity index (χ2v) is 5.41. The van der Waals surface area contributed by atoms with Crippen molar-refractivity contribution in [1.82, 2.24) is 4.90 Å². The average Bonchev–Trinajstić information content (AvgIpc) is 2.45. The Labute approximate surface area is 132 Å². The van der Waals surface area contributed by atoms with Crippen molar-refractivity contribution < 1.29 is 9.53 Å². The minimum absolute atomic E-state index is 0.0829. The number of nitrogens with zero attached hydrogens (tertiary/aromatic N) is 1. The number of hydrogen-bond donors (Lipinski definition) is 0. The van der Waals surface area contributed by atoms with E-state index in [4.69, 9.17) is 4.74 Å². The van der Waals surface area contributed by atoms with Gasteiger partial charge < -0.3 is 9.64 Å². The Morgan fingerprint density at radius 1 is 1.10 bits per heavy atom. The van der Waals surface area contributed by atoms with Crippen molar-refractivity contribution in [2.24, 2.45) is 5.92 Å². The molecule has 0 spiro atoms. The van der Waals surface area contributed by atoms with Crippen LogP contribution in [0.1, 0.15) is 60.3 Å². The maximum atomic E-state index is 10.7. The van der Waals surface area contributed by atoms with Gasteiger partial charge in [-0.3, -0.25) is 0 Å². The van der Waals surface area contributed by atoms with Crippen molar-refractivity contribution >= 4 is 5.97 Å². The fourth-order valence-corrected chi connectivity index (χ4v) is 2.08. The molecule has 0 aliphatic rings. The molecule has 0 rings (SSSR count). The second kappa shape index (κ2) is 15.6. The molecule has 0 saturated heterocycles. The van der Waals surface area contributed by atoms with Crippen molar-refractivity contribution in [1.29, 1.82) is 0 Å². The van der Waals surface area contributed by atoms with Crippen molar-refractivity contribution in [2.75, 3.05) is 19.6 Å². The van der Waals surface area contributed by atoms with E-state index in [1.54, 1.807) is 0 Å². The molecule has 3 nitrogen and oxygen atoms in total. The zero-order valence-electron chi connectivity index (χ0n) is 14.9. The summed E-state index contributed by atoms with van der Waals surface area (Å²) >= 11 is 0. The van der Waals surface area contributed by atoms with Crippen LogP contribution in [-0.2, 0) is 9.53 Å². The van der Waals surface area contributed by atoms with Crippen LogP contribution in [0, 0.1) is 12.8 Å². The Morgan fingerprint density at radius 2 is 1.52 bits per heavy atom. The highest BCUT2D eigenvalue weighted by molar-refractivity contribution is 5.81. The van der Waals surface area contributed by atoms with E-state index in [2.05, 4.69) is 39.2 Å². The molecule has 3 heteroatoms. The molecule has 0 N–H and O–H groups in total. The van der Waals surface area contributed by atoms with Crippen molar-refractivity contribution in [2.45, 2.75) is 66.4 Å². The quantitative estimate of drug-likeness (QED) is 0.440. The van der Waals surface area contributed by atoms with Gasteiger partial charge in [0.25, 0.3) is 0 Å². The Morgan fingerprint density at radius 3 is 1.76 bits per heavy atom. The van der Waals surface area contributed by atoms with E-state index >= 15 is 0 Å². The van der Waals surface area contributed by atoms with Gasteiger partial charge in [0, 0.05) is 6.08 Å². The lowest BCUT2D eigenvalue weighted by atomic mass is 10.1. The maximum Gasteiger partial charge on any atom is 0.330 e. The zero-order valence-corrected chi connectivity index (χ0v) is 14.9. The SMILES string of the molecule is CCCN(CCC)CCC.[CH2]C(C)C(CC)OC(=O)C=C. The summed E-state index contributed by atoms with van der Waals surface area (Å²) in [5.74, 6) is -0.240. The van der Waals surface area contributed by atoms with E-state index in [1.165, 1.54) is 45.0 Å². The highest BCUT2D eigenvalue weighted by Gasteiger charge is 2.13. The molecular weight excluding hydrogens is 262 g/mol. The molecule has 0 aromatic heterocycles. The first kappa shape index (κ1) is 22.5. The van der Waals surface area contributed by atoms with Gasteiger partial charge in [-0.25, -0.2) is 4.79 Å². The van der Waals surface area contributed by atoms with E-state index in [0.29, 0.717) is 0 Å². The fourth-order valence-electron chi connectivity index (χ4n) is 2.08. The molecule has 0 heterocycles. The first-order chi connectivity index (χ1) is 9.96. The van der Waals surface area contributed by atoms with Crippen LogP contribution in [0.15, 0.2) is 12.7 Å². The van der Waals surface area contributed by atoms with Crippen molar-refractivity contribution in [3.63, 3.8) is 0 Å². The predicted octanol–water partition coefficient (Wildman–Crippen LogP) is 4.48. The van der Waals surface area contributed by atoms with Crippen LogP contribution < -0.4 is 0 Å². The molecule has 0 aromatic rings. The molecule has 21 heavy (non-hydrogen) atoms. The number of rotatable bonds is 10. The third-order valence-corrected chi connectivity index (χ3v) is 3.09. The normalized spacial score (nSPS) is 11.8. The lowest BCUT2D eigenvalue weighted by Gasteiger charge is -2.19. The molecule has 2 atom stereocenters. The molecule has 0 saturated carbocycles. The third kappa shape index (κ3) is 13.9. The van der Waals surface area contributed by atoms with Crippen LogP contribution in [-0.4, -0.2) is 36.6 Å². The monoisotopic (exact) mass is 298 g/mol. The van der Waals surface area contributed by atoms with E-state index in [0.717, 1.165) is 6.42 Å². The van der Waals surface area contributed by atoms with Gasteiger partial charge >= 0.3 is 5.97 Å². The number of esters is 1. The third-order valence-electron chi connectivity index (χ3n) is 3.09. The van der Waals surface area contributed by atoms with Crippen molar-refractivity contribution in [3.05, 3.63) is 19.6 Å². The molecule has 0 aliphatic carbocycles. The van der Waals surface area contributed by atoms with E-state index in [9.17, 15) is 4.79 Å². The van der Waals surface area contributed by atoms with Gasteiger partial charge in [0.05, 0.1) is 0 Å². The van der Waals surface area contributed by atoms with Gasteiger partial charge in [-0.15, -0.1) is 0 Å². The van der Waals surface area contributed by atoms with E-state index < -0.39 is 0 Å². The van der Waals surface area contributed by atoms with Crippen LogP contribution in [0.4, 0.5) is 0 Å². The van der Waals surface area contributed by atoms with E-state index in [1.807, 2.05) is 13.8 Å². The summed E-state index contributed by atoms with van der Waals surface area (Å²) in [7, 11) is 0. The number of carbonyl (C=O) groups is 1. The van der Waals surface area contributed by atoms with Gasteiger partial charge in [0.1, 0.15) is 6.10 Å². The van der Waals surface area contributed by atoms with Gasteiger partial charge in [-0.1, -0.05) is 41.2 Å². The Kier molecular flexibility index (Phi) is 16.6. The summed E-state index contributed by atoms with van der Waals surface area (Å²) < 4.78 is 4.99. The topological polar surface area (TPSA) is 29.5 Å². The number of ether oxygens (including phenoxy) is 1. The van der Waals surface area contributed by atoms with Crippen LogP contribution in [0.2, 0.25) is 0 Å². The average molecular weight is 298 g/mol. The van der Waals surface area contributed by atoms with Gasteiger partial charge in [0.15, 0.2) is 0 Å². The lowest BCUT2D eigenvalue weighted by Crippen LogP contribution is -2.25. The fraction of sp³-hybridized carbons (Fsp3) is 0.778. The van der Waals surface area contributed by atoms with E-state index in [-0.39, 0.29) is 18.0 Å². The summed E-state index contributed by atoms with van der Waals surface area (Å²) in [6, 6.07) is 0. The first-order valence-corrected chi connectivity index (χ1v) is 8.35. The molecule has 125 valence electrons. The number of hydrogen-bond acceptors (Lipinski definition) is 3. The summed E-state index contributed by atoms with van der Waals surface area (Å²) in [6.07, 6.45) is 5.76. The zero-order chi connectivity index (χ0) is 16.7. The largest absolute Gasteiger partial charge is 0.459 e. The maximum absolute atomic E-state index is 10.7. The first-order valence-electron chi connectivity index (χ1n) is 8.35. The highest BCUT2D eigenvalue weighted by Crippen LogP contribution is 2.09. The summed E-state index contributed by atoms with van der Waals surface area (Å²) in [4.78, 5) is 13.3. The standard InChI is InChI=1S/C9H21N.C9H15O2/c1-4-7-10(8-5-2)9-6-3;1-5-8(7(3)4)11-9(10)6-2/h4-9H2,1-3H3;6-8H,2-3,5H2,1,4H3. The van der Waals surface area contributed by atoms with Gasteiger partial charge in [-0.2, -0.15) is 0 Å². The molecule has 0 amide bonds. The molecule has 0 fully saturated rings. The Hall–Kier alpha value is -0.830. The van der Waals surface area contributed by atoms with Crippen molar-refractivity contribution in [3.8, 4) is 0 Å². The lowest BCUT2D eigenvalue weighted by molar-refractivity contribution is -0.144. The summed E-state index contributed by atoms with van der Waals surface area (Å²) in [5.41, 5.74) is 0.